The molecule has 0 unspecified atom stereocenters. The predicted octanol–water partition coefficient (Wildman–Crippen LogP) is 3.35. The van der Waals surface area contributed by atoms with Crippen molar-refractivity contribution in [2.24, 2.45) is 0 Å². The van der Waals surface area contributed by atoms with E-state index in [4.69, 9.17) is 0 Å². The molecule has 6 nitrogen and oxygen atoms in total. The largest absolute Gasteiger partial charge is 0.307 e. The van der Waals surface area contributed by atoms with Gasteiger partial charge in [-0.1, -0.05) is 39.8 Å². The number of carbonyl (C=O) groups is 1. The van der Waals surface area contributed by atoms with Crippen LogP contribution in [0.25, 0.3) is 0 Å². The van der Waals surface area contributed by atoms with E-state index in [0.717, 1.165) is 12.1 Å². The summed E-state index contributed by atoms with van der Waals surface area (Å²) in [7, 11) is -3.05. The van der Waals surface area contributed by atoms with Crippen molar-refractivity contribution in [1.82, 2.24) is 9.78 Å². The summed E-state index contributed by atoms with van der Waals surface area (Å²) in [6.45, 7) is 8.19. The van der Waals surface area contributed by atoms with Crippen LogP contribution in [0.4, 0.5) is 5.82 Å². The van der Waals surface area contributed by atoms with Crippen molar-refractivity contribution in [3.63, 3.8) is 0 Å². The van der Waals surface area contributed by atoms with Crippen LogP contribution in [0.3, 0.4) is 0 Å². The molecule has 0 saturated carbocycles. The third-order valence-electron chi connectivity index (χ3n) is 4.92. The lowest BCUT2D eigenvalue weighted by molar-refractivity contribution is 0.102. The fourth-order valence-electron chi connectivity index (χ4n) is 3.18. The van der Waals surface area contributed by atoms with E-state index >= 15 is 0 Å². The monoisotopic (exact) mass is 389 g/mol. The number of aryl methyl sites for hydroxylation is 1. The van der Waals surface area contributed by atoms with Crippen LogP contribution < -0.4 is 5.32 Å². The van der Waals surface area contributed by atoms with E-state index in [-0.39, 0.29) is 28.9 Å². The SMILES string of the molecule is CCc1ccc(C(=O)Nc2cc(C(C)(C)C)nn2[C@H]2CCS(=O)(=O)C2)cc1. The molecule has 1 N–H and O–H groups in total. The number of nitrogens with zero attached hydrogens (tertiary/aromatic N) is 2. The second kappa shape index (κ2) is 7.11. The van der Waals surface area contributed by atoms with Gasteiger partial charge >= 0.3 is 0 Å². The Morgan fingerprint density at radius 1 is 1.26 bits per heavy atom. The smallest absolute Gasteiger partial charge is 0.256 e. The van der Waals surface area contributed by atoms with E-state index in [9.17, 15) is 13.2 Å². The van der Waals surface area contributed by atoms with Gasteiger partial charge in [-0.15, -0.1) is 0 Å². The average molecular weight is 390 g/mol. The Morgan fingerprint density at radius 2 is 1.93 bits per heavy atom. The van der Waals surface area contributed by atoms with Crippen LogP contribution in [-0.2, 0) is 21.7 Å². The molecule has 1 aliphatic heterocycles. The number of sulfone groups is 1. The van der Waals surface area contributed by atoms with Gasteiger partial charge in [-0.2, -0.15) is 5.10 Å². The number of nitrogens with one attached hydrogen (secondary N) is 1. The molecule has 1 fully saturated rings. The molecule has 0 spiro atoms. The number of aromatic nitrogens is 2. The van der Waals surface area contributed by atoms with Crippen LogP contribution in [0, 0.1) is 0 Å². The van der Waals surface area contributed by atoms with Crippen LogP contribution in [0.15, 0.2) is 30.3 Å². The Morgan fingerprint density at radius 3 is 2.44 bits per heavy atom. The topological polar surface area (TPSA) is 81.1 Å². The molecule has 1 aliphatic rings. The molecule has 1 amide bonds. The summed E-state index contributed by atoms with van der Waals surface area (Å²) >= 11 is 0. The normalized spacial score (nSPS) is 19.2. The number of carbonyl (C=O) groups excluding carboxylic acids is 1. The maximum absolute atomic E-state index is 12.7. The Hall–Kier alpha value is -2.15. The first-order valence-electron chi connectivity index (χ1n) is 9.30. The second-order valence-corrected chi connectivity index (χ2v) is 10.4. The van der Waals surface area contributed by atoms with Gasteiger partial charge in [-0.3, -0.25) is 4.79 Å². The lowest BCUT2D eigenvalue weighted by Crippen LogP contribution is -2.20. The first kappa shape index (κ1) is 19.6. The number of amides is 1. The highest BCUT2D eigenvalue weighted by atomic mass is 32.2. The lowest BCUT2D eigenvalue weighted by Gasteiger charge is -2.15. The lowest BCUT2D eigenvalue weighted by atomic mass is 9.92. The minimum absolute atomic E-state index is 0.0618. The molecule has 146 valence electrons. The number of rotatable bonds is 4. The fourth-order valence-corrected chi connectivity index (χ4v) is 4.87. The summed E-state index contributed by atoms with van der Waals surface area (Å²) in [5, 5.41) is 7.57. The van der Waals surface area contributed by atoms with Crippen LogP contribution >= 0.6 is 0 Å². The van der Waals surface area contributed by atoms with Crippen molar-refractivity contribution in [2.45, 2.75) is 52.0 Å². The molecular formula is C20H27N3O3S. The van der Waals surface area contributed by atoms with Gasteiger partial charge in [0, 0.05) is 17.0 Å². The zero-order valence-corrected chi connectivity index (χ0v) is 17.1. The fraction of sp³-hybridized carbons (Fsp3) is 0.500. The van der Waals surface area contributed by atoms with Crippen LogP contribution in [-0.4, -0.2) is 35.6 Å². The highest BCUT2D eigenvalue weighted by molar-refractivity contribution is 7.91. The Bertz CT molecular complexity index is 938. The van der Waals surface area contributed by atoms with Crippen molar-refractivity contribution in [3.8, 4) is 0 Å². The molecular weight excluding hydrogens is 362 g/mol. The van der Waals surface area contributed by atoms with Crippen LogP contribution in [0.1, 0.15) is 61.8 Å². The quantitative estimate of drug-likeness (QED) is 0.869. The van der Waals surface area contributed by atoms with Crippen molar-refractivity contribution < 1.29 is 13.2 Å². The third kappa shape index (κ3) is 4.40. The first-order chi connectivity index (χ1) is 12.6. The molecule has 3 rings (SSSR count). The number of anilines is 1. The zero-order chi connectivity index (χ0) is 19.8. The summed E-state index contributed by atoms with van der Waals surface area (Å²) in [6, 6.07) is 9.10. The predicted molar refractivity (Wildman–Crippen MR) is 107 cm³/mol. The maximum atomic E-state index is 12.7. The first-order valence-corrected chi connectivity index (χ1v) is 11.1. The highest BCUT2D eigenvalue weighted by Crippen LogP contribution is 2.31. The van der Waals surface area contributed by atoms with Gasteiger partial charge < -0.3 is 5.32 Å². The molecule has 2 heterocycles. The molecule has 0 radical (unpaired) electrons. The van der Waals surface area contributed by atoms with Gasteiger partial charge in [0.1, 0.15) is 5.82 Å². The standard InChI is InChI=1S/C20H27N3O3S/c1-5-14-6-8-15(9-7-14)19(24)21-18-12-17(20(2,3)4)22-23(18)16-10-11-27(25,26)13-16/h6-9,12,16H,5,10-11,13H2,1-4H3,(H,21,24)/t16-/m0/s1. The number of hydrogen-bond donors (Lipinski definition) is 1. The van der Waals surface area contributed by atoms with Crippen molar-refractivity contribution >= 4 is 21.6 Å². The van der Waals surface area contributed by atoms with Gasteiger partial charge in [0.05, 0.1) is 23.2 Å². The van der Waals surface area contributed by atoms with Gasteiger partial charge in [0.2, 0.25) is 0 Å². The van der Waals surface area contributed by atoms with E-state index in [1.807, 2.05) is 39.0 Å². The zero-order valence-electron chi connectivity index (χ0n) is 16.3. The van der Waals surface area contributed by atoms with E-state index in [2.05, 4.69) is 17.3 Å². The van der Waals surface area contributed by atoms with Gasteiger partial charge in [0.25, 0.3) is 5.91 Å². The summed E-state index contributed by atoms with van der Waals surface area (Å²) in [5.41, 5.74) is 2.35. The molecule has 1 atom stereocenters. The molecule has 0 bridgehead atoms. The van der Waals surface area contributed by atoms with E-state index in [1.54, 1.807) is 16.8 Å². The maximum Gasteiger partial charge on any atom is 0.256 e. The highest BCUT2D eigenvalue weighted by Gasteiger charge is 2.33. The summed E-state index contributed by atoms with van der Waals surface area (Å²) in [4.78, 5) is 12.7. The summed E-state index contributed by atoms with van der Waals surface area (Å²) in [5.74, 6) is 0.548. The molecule has 1 aromatic heterocycles. The molecule has 7 heteroatoms. The van der Waals surface area contributed by atoms with E-state index in [1.165, 1.54) is 5.56 Å². The van der Waals surface area contributed by atoms with Crippen molar-refractivity contribution in [3.05, 3.63) is 47.2 Å². The number of benzene rings is 1. The summed E-state index contributed by atoms with van der Waals surface area (Å²) in [6.07, 6.45) is 1.43. The minimum atomic E-state index is -3.05. The van der Waals surface area contributed by atoms with Crippen LogP contribution in [0.5, 0.6) is 0 Å². The molecule has 27 heavy (non-hydrogen) atoms. The Kier molecular flexibility index (Phi) is 5.16. The Labute approximate surface area is 160 Å². The average Bonchev–Trinajstić information content (AvgIpc) is 3.17. The Balaban J connectivity index is 1.90. The van der Waals surface area contributed by atoms with Crippen LogP contribution in [0.2, 0.25) is 0 Å². The van der Waals surface area contributed by atoms with Gasteiger partial charge in [-0.05, 0) is 30.5 Å². The summed E-state index contributed by atoms with van der Waals surface area (Å²) < 4.78 is 25.5. The minimum Gasteiger partial charge on any atom is -0.307 e. The molecule has 0 aliphatic carbocycles. The van der Waals surface area contributed by atoms with E-state index in [0.29, 0.717) is 17.8 Å². The van der Waals surface area contributed by atoms with Crippen molar-refractivity contribution in [2.75, 3.05) is 16.8 Å². The van der Waals surface area contributed by atoms with Gasteiger partial charge in [0.15, 0.2) is 9.84 Å². The number of hydrogen-bond acceptors (Lipinski definition) is 4. The molecule has 2 aromatic rings. The van der Waals surface area contributed by atoms with Crippen molar-refractivity contribution in [1.29, 1.82) is 0 Å². The molecule has 1 saturated heterocycles. The van der Waals surface area contributed by atoms with E-state index < -0.39 is 9.84 Å². The second-order valence-electron chi connectivity index (χ2n) is 8.17. The van der Waals surface area contributed by atoms with Gasteiger partial charge in [-0.25, -0.2) is 13.1 Å². The molecule has 1 aromatic carbocycles. The third-order valence-corrected chi connectivity index (χ3v) is 6.67.